The van der Waals surface area contributed by atoms with Crippen LogP contribution in [0.1, 0.15) is 38.5 Å². The molecule has 0 saturated heterocycles. The average Bonchev–Trinajstić information content (AvgIpc) is 2.89. The molecule has 1 heterocycles. The Balaban J connectivity index is 1.87. The highest BCUT2D eigenvalue weighted by atomic mass is 32.1. The number of nitrogens with one attached hydrogen (secondary N) is 1. The average molecular weight is 223 g/mol. The van der Waals surface area contributed by atoms with Crippen molar-refractivity contribution >= 4 is 11.3 Å². The topological polar surface area (TPSA) is 12.0 Å². The molecule has 1 N–H and O–H groups in total. The van der Waals surface area contributed by atoms with Gasteiger partial charge in [-0.05, 0) is 37.1 Å². The van der Waals surface area contributed by atoms with Crippen molar-refractivity contribution in [2.75, 3.05) is 6.54 Å². The summed E-state index contributed by atoms with van der Waals surface area (Å²) in [7, 11) is 0. The third-order valence-corrected chi connectivity index (χ3v) is 4.62. The van der Waals surface area contributed by atoms with E-state index >= 15 is 0 Å². The normalized spacial score (nSPS) is 19.1. The lowest BCUT2D eigenvalue weighted by molar-refractivity contribution is 0.412. The summed E-state index contributed by atoms with van der Waals surface area (Å²) >= 11 is 1.87. The second kappa shape index (κ2) is 4.26. The third kappa shape index (κ3) is 2.82. The van der Waals surface area contributed by atoms with Crippen LogP contribution >= 0.6 is 11.3 Å². The molecule has 1 saturated carbocycles. The fraction of sp³-hybridized carbons (Fsp3) is 0.692. The summed E-state index contributed by atoms with van der Waals surface area (Å²) in [6.45, 7) is 8.06. The highest BCUT2D eigenvalue weighted by molar-refractivity contribution is 7.10. The Labute approximate surface area is 96.9 Å². The molecule has 1 aliphatic carbocycles. The molecule has 2 heteroatoms. The van der Waals surface area contributed by atoms with Crippen molar-refractivity contribution < 1.29 is 0 Å². The second-order valence-electron chi connectivity index (χ2n) is 5.37. The molecule has 1 aromatic heterocycles. The molecule has 1 aromatic rings. The summed E-state index contributed by atoms with van der Waals surface area (Å²) in [5.41, 5.74) is 0.275. The summed E-state index contributed by atoms with van der Waals surface area (Å²) in [6.07, 6.45) is 2.85. The van der Waals surface area contributed by atoms with E-state index in [1.807, 2.05) is 11.3 Å². The fourth-order valence-corrected chi connectivity index (χ4v) is 2.78. The minimum Gasteiger partial charge on any atom is -0.313 e. The van der Waals surface area contributed by atoms with Crippen LogP contribution in [-0.4, -0.2) is 12.6 Å². The standard InChI is InChI=1S/C13H21NS/c1-10(11-6-7-11)14-9-13(2,3)12-5-4-8-15-12/h4-5,8,10-11,14H,6-7,9H2,1-3H3. The van der Waals surface area contributed by atoms with Gasteiger partial charge in [0.2, 0.25) is 0 Å². The van der Waals surface area contributed by atoms with Crippen LogP contribution in [-0.2, 0) is 5.41 Å². The molecule has 0 bridgehead atoms. The van der Waals surface area contributed by atoms with E-state index in [-0.39, 0.29) is 5.41 Å². The Morgan fingerprint density at radius 3 is 2.80 bits per heavy atom. The van der Waals surface area contributed by atoms with Crippen LogP contribution in [0.25, 0.3) is 0 Å². The maximum absolute atomic E-state index is 3.68. The lowest BCUT2D eigenvalue weighted by atomic mass is 9.91. The largest absolute Gasteiger partial charge is 0.313 e. The summed E-state index contributed by atoms with van der Waals surface area (Å²) in [6, 6.07) is 5.09. The Hall–Kier alpha value is -0.340. The predicted octanol–water partition coefficient (Wildman–Crippen LogP) is 3.41. The highest BCUT2D eigenvalue weighted by Crippen LogP contribution is 2.33. The summed E-state index contributed by atoms with van der Waals surface area (Å²) in [4.78, 5) is 1.48. The van der Waals surface area contributed by atoms with Crippen molar-refractivity contribution in [2.45, 2.75) is 45.1 Å². The first kappa shape index (κ1) is 11.2. The second-order valence-corrected chi connectivity index (χ2v) is 6.32. The zero-order valence-corrected chi connectivity index (χ0v) is 10.7. The molecule has 1 atom stereocenters. The van der Waals surface area contributed by atoms with Crippen molar-refractivity contribution in [3.05, 3.63) is 22.4 Å². The van der Waals surface area contributed by atoms with Gasteiger partial charge in [0.15, 0.2) is 0 Å². The SMILES string of the molecule is CC(NCC(C)(C)c1cccs1)C1CC1. The summed E-state index contributed by atoms with van der Waals surface area (Å²) in [5, 5.41) is 5.85. The monoisotopic (exact) mass is 223 g/mol. The summed E-state index contributed by atoms with van der Waals surface area (Å²) in [5.74, 6) is 0.948. The highest BCUT2D eigenvalue weighted by Gasteiger charge is 2.29. The number of thiophene rings is 1. The molecule has 0 aliphatic heterocycles. The first-order valence-electron chi connectivity index (χ1n) is 5.87. The van der Waals surface area contributed by atoms with E-state index in [1.165, 1.54) is 17.7 Å². The van der Waals surface area contributed by atoms with Crippen molar-refractivity contribution in [1.29, 1.82) is 0 Å². The van der Waals surface area contributed by atoms with Crippen LogP contribution in [0, 0.1) is 5.92 Å². The summed E-state index contributed by atoms with van der Waals surface area (Å²) < 4.78 is 0. The third-order valence-electron chi connectivity index (χ3n) is 3.38. The van der Waals surface area contributed by atoms with E-state index in [0.29, 0.717) is 6.04 Å². The first-order valence-corrected chi connectivity index (χ1v) is 6.75. The molecule has 2 rings (SSSR count). The quantitative estimate of drug-likeness (QED) is 0.806. The van der Waals surface area contributed by atoms with E-state index < -0.39 is 0 Å². The van der Waals surface area contributed by atoms with Gasteiger partial charge in [0.25, 0.3) is 0 Å². The molecule has 0 radical (unpaired) electrons. The van der Waals surface area contributed by atoms with Crippen LogP contribution in [0.5, 0.6) is 0 Å². The van der Waals surface area contributed by atoms with Crippen LogP contribution in [0.4, 0.5) is 0 Å². The van der Waals surface area contributed by atoms with Gasteiger partial charge in [0.05, 0.1) is 0 Å². The van der Waals surface area contributed by atoms with Crippen LogP contribution in [0.2, 0.25) is 0 Å². The van der Waals surface area contributed by atoms with Gasteiger partial charge in [0, 0.05) is 22.9 Å². The van der Waals surface area contributed by atoms with E-state index in [9.17, 15) is 0 Å². The number of hydrogen-bond acceptors (Lipinski definition) is 2. The molecule has 84 valence electrons. The molecular weight excluding hydrogens is 202 g/mol. The number of rotatable bonds is 5. The molecule has 0 spiro atoms. The van der Waals surface area contributed by atoms with Gasteiger partial charge in [-0.25, -0.2) is 0 Å². The van der Waals surface area contributed by atoms with Gasteiger partial charge in [-0.2, -0.15) is 0 Å². The minimum absolute atomic E-state index is 0.275. The maximum Gasteiger partial charge on any atom is 0.0115 e. The fourth-order valence-electron chi connectivity index (χ4n) is 1.93. The van der Waals surface area contributed by atoms with Crippen LogP contribution < -0.4 is 5.32 Å². The molecule has 0 aromatic carbocycles. The van der Waals surface area contributed by atoms with E-state index in [0.717, 1.165) is 12.5 Å². The van der Waals surface area contributed by atoms with Crippen molar-refractivity contribution in [3.8, 4) is 0 Å². The Kier molecular flexibility index (Phi) is 3.17. The molecular formula is C13H21NS. The van der Waals surface area contributed by atoms with Crippen molar-refractivity contribution in [3.63, 3.8) is 0 Å². The van der Waals surface area contributed by atoms with Gasteiger partial charge in [-0.1, -0.05) is 19.9 Å². The Morgan fingerprint density at radius 1 is 1.53 bits per heavy atom. The zero-order valence-electron chi connectivity index (χ0n) is 9.92. The molecule has 0 amide bonds. The lowest BCUT2D eigenvalue weighted by Crippen LogP contribution is -2.38. The number of hydrogen-bond donors (Lipinski definition) is 1. The lowest BCUT2D eigenvalue weighted by Gasteiger charge is -2.26. The predicted molar refractivity (Wildman–Crippen MR) is 67.5 cm³/mol. The van der Waals surface area contributed by atoms with Crippen molar-refractivity contribution in [1.82, 2.24) is 5.32 Å². The van der Waals surface area contributed by atoms with E-state index in [2.05, 4.69) is 43.6 Å². The Bertz CT molecular complexity index is 298. The molecule has 1 nitrogen and oxygen atoms in total. The Morgan fingerprint density at radius 2 is 2.27 bits per heavy atom. The zero-order chi connectivity index (χ0) is 10.9. The first-order chi connectivity index (χ1) is 7.09. The van der Waals surface area contributed by atoms with Gasteiger partial charge in [-0.15, -0.1) is 11.3 Å². The van der Waals surface area contributed by atoms with E-state index in [4.69, 9.17) is 0 Å². The van der Waals surface area contributed by atoms with Gasteiger partial charge in [-0.3, -0.25) is 0 Å². The molecule has 1 unspecified atom stereocenters. The minimum atomic E-state index is 0.275. The smallest absolute Gasteiger partial charge is 0.0115 e. The maximum atomic E-state index is 3.68. The van der Waals surface area contributed by atoms with Crippen LogP contribution in [0.3, 0.4) is 0 Å². The molecule has 1 aliphatic rings. The van der Waals surface area contributed by atoms with Crippen LogP contribution in [0.15, 0.2) is 17.5 Å². The van der Waals surface area contributed by atoms with Crippen molar-refractivity contribution in [2.24, 2.45) is 5.92 Å². The van der Waals surface area contributed by atoms with Gasteiger partial charge < -0.3 is 5.32 Å². The molecule has 1 fully saturated rings. The van der Waals surface area contributed by atoms with Gasteiger partial charge in [0.1, 0.15) is 0 Å². The van der Waals surface area contributed by atoms with E-state index in [1.54, 1.807) is 0 Å². The van der Waals surface area contributed by atoms with Gasteiger partial charge >= 0.3 is 0 Å². The molecule has 15 heavy (non-hydrogen) atoms.